The number of halogens is 1. The van der Waals surface area contributed by atoms with Crippen LogP contribution >= 0.6 is 12.4 Å². The lowest BCUT2D eigenvalue weighted by atomic mass is 9.92. The Morgan fingerprint density at radius 1 is 1.28 bits per heavy atom. The second kappa shape index (κ2) is 9.78. The van der Waals surface area contributed by atoms with Crippen LogP contribution in [0.3, 0.4) is 0 Å². The second-order valence-corrected chi connectivity index (χ2v) is 7.00. The van der Waals surface area contributed by atoms with E-state index in [1.54, 1.807) is 6.92 Å². The molecule has 1 saturated heterocycles. The minimum atomic E-state index is 0. The van der Waals surface area contributed by atoms with Gasteiger partial charge in [-0.15, -0.1) is 12.4 Å². The van der Waals surface area contributed by atoms with Gasteiger partial charge in [0.2, 0.25) is 11.8 Å². The van der Waals surface area contributed by atoms with Crippen LogP contribution in [-0.2, 0) is 16.1 Å². The number of hydrogen-bond acceptors (Lipinski definition) is 3. The van der Waals surface area contributed by atoms with Crippen molar-refractivity contribution in [1.29, 1.82) is 0 Å². The normalized spacial score (nSPS) is 19.9. The minimum absolute atomic E-state index is 0. The summed E-state index contributed by atoms with van der Waals surface area (Å²) in [6.07, 6.45) is 1.77. The van der Waals surface area contributed by atoms with E-state index in [0.29, 0.717) is 12.6 Å². The maximum atomic E-state index is 12.4. The van der Waals surface area contributed by atoms with Gasteiger partial charge in [0.05, 0.1) is 0 Å². The number of nitrogens with one attached hydrogen (secondary N) is 2. The summed E-state index contributed by atoms with van der Waals surface area (Å²) in [6.45, 7) is 9.21. The van der Waals surface area contributed by atoms with E-state index >= 15 is 0 Å². The van der Waals surface area contributed by atoms with Crippen LogP contribution in [0.25, 0.3) is 0 Å². The Morgan fingerprint density at radius 3 is 2.44 bits per heavy atom. The Bertz CT molecular complexity index is 575. The van der Waals surface area contributed by atoms with Crippen LogP contribution in [0.5, 0.6) is 0 Å². The van der Waals surface area contributed by atoms with Gasteiger partial charge in [0.1, 0.15) is 0 Å². The molecular formula is C19H30ClN3O2. The van der Waals surface area contributed by atoms with Crippen LogP contribution < -0.4 is 10.6 Å². The van der Waals surface area contributed by atoms with E-state index in [9.17, 15) is 9.59 Å². The van der Waals surface area contributed by atoms with E-state index in [0.717, 1.165) is 30.6 Å². The number of hydrogen-bond donors (Lipinski definition) is 2. The van der Waals surface area contributed by atoms with Crippen molar-refractivity contribution in [3.05, 3.63) is 29.8 Å². The monoisotopic (exact) mass is 367 g/mol. The van der Waals surface area contributed by atoms with Gasteiger partial charge in [-0.25, -0.2) is 0 Å². The Labute approximate surface area is 157 Å². The first-order valence-corrected chi connectivity index (χ1v) is 8.77. The molecule has 5 nitrogen and oxygen atoms in total. The topological polar surface area (TPSA) is 61.4 Å². The summed E-state index contributed by atoms with van der Waals surface area (Å²) in [4.78, 5) is 25.9. The molecule has 0 spiro atoms. The van der Waals surface area contributed by atoms with Crippen LogP contribution in [-0.4, -0.2) is 35.3 Å². The van der Waals surface area contributed by atoms with Crippen molar-refractivity contribution in [3.63, 3.8) is 0 Å². The Kier molecular flexibility index (Phi) is 8.39. The fourth-order valence-electron chi connectivity index (χ4n) is 3.16. The van der Waals surface area contributed by atoms with Gasteiger partial charge >= 0.3 is 0 Å². The number of anilines is 1. The minimum Gasteiger partial charge on any atom is -0.336 e. The summed E-state index contributed by atoms with van der Waals surface area (Å²) in [5.74, 6) is 0.251. The largest absolute Gasteiger partial charge is 0.336 e. The average Bonchev–Trinajstić information content (AvgIpc) is 2.53. The molecule has 1 fully saturated rings. The Morgan fingerprint density at radius 2 is 1.92 bits per heavy atom. The molecule has 1 aromatic carbocycles. The molecule has 0 radical (unpaired) electrons. The number of amides is 2. The van der Waals surface area contributed by atoms with Gasteiger partial charge in [-0.1, -0.05) is 12.1 Å². The van der Waals surface area contributed by atoms with Crippen LogP contribution in [0.2, 0.25) is 0 Å². The molecule has 0 saturated carbocycles. The van der Waals surface area contributed by atoms with Gasteiger partial charge in [-0.05, 0) is 57.9 Å². The molecule has 1 aliphatic heterocycles. The number of benzene rings is 1. The number of piperidine rings is 1. The predicted octanol–water partition coefficient (Wildman–Crippen LogP) is 3.19. The van der Waals surface area contributed by atoms with E-state index in [4.69, 9.17) is 0 Å². The van der Waals surface area contributed by atoms with Crippen molar-refractivity contribution in [3.8, 4) is 0 Å². The van der Waals surface area contributed by atoms with E-state index in [1.165, 1.54) is 0 Å². The van der Waals surface area contributed by atoms with E-state index < -0.39 is 0 Å². The van der Waals surface area contributed by atoms with E-state index in [2.05, 4.69) is 17.6 Å². The Balaban J connectivity index is 0.00000312. The molecule has 2 atom stereocenters. The molecule has 0 bridgehead atoms. The molecule has 0 aromatic heterocycles. The maximum Gasteiger partial charge on any atom is 0.227 e. The second-order valence-electron chi connectivity index (χ2n) is 7.00. The molecule has 0 unspecified atom stereocenters. The molecule has 2 rings (SSSR count). The number of rotatable bonds is 5. The summed E-state index contributed by atoms with van der Waals surface area (Å²) < 4.78 is 0. The summed E-state index contributed by atoms with van der Waals surface area (Å²) in [6, 6.07) is 8.33. The third kappa shape index (κ3) is 6.33. The van der Waals surface area contributed by atoms with Gasteiger partial charge in [-0.2, -0.15) is 0 Å². The Hall–Kier alpha value is -1.59. The lowest BCUT2D eigenvalue weighted by Crippen LogP contribution is -2.40. The molecular weight excluding hydrogens is 338 g/mol. The highest BCUT2D eigenvalue weighted by Gasteiger charge is 2.24. The van der Waals surface area contributed by atoms with Crippen LogP contribution in [0.1, 0.15) is 46.1 Å². The molecule has 1 aromatic rings. The summed E-state index contributed by atoms with van der Waals surface area (Å²) >= 11 is 0. The van der Waals surface area contributed by atoms with Crippen molar-refractivity contribution in [1.82, 2.24) is 10.2 Å². The van der Waals surface area contributed by atoms with Gasteiger partial charge < -0.3 is 15.5 Å². The van der Waals surface area contributed by atoms with E-state index in [-0.39, 0.29) is 36.2 Å². The first-order valence-electron chi connectivity index (χ1n) is 8.77. The predicted molar refractivity (Wildman–Crippen MR) is 104 cm³/mol. The highest BCUT2D eigenvalue weighted by Crippen LogP contribution is 2.19. The van der Waals surface area contributed by atoms with Crippen molar-refractivity contribution in [2.75, 3.05) is 11.9 Å². The fraction of sp³-hybridized carbons (Fsp3) is 0.579. The summed E-state index contributed by atoms with van der Waals surface area (Å²) in [5.41, 5.74) is 1.88. The van der Waals surface area contributed by atoms with Crippen molar-refractivity contribution in [2.24, 2.45) is 5.92 Å². The van der Waals surface area contributed by atoms with E-state index in [1.807, 2.05) is 43.0 Å². The SMILES string of the molecule is CC(=O)N(Cc1ccc(NC(=O)[C@H]2CCN[C@@H](C)C2)cc1)C(C)C.Cl. The van der Waals surface area contributed by atoms with Gasteiger partial charge in [0.25, 0.3) is 0 Å². The zero-order valence-electron chi connectivity index (χ0n) is 15.5. The first kappa shape index (κ1) is 21.5. The molecule has 1 heterocycles. The standard InChI is InChI=1S/C19H29N3O2.ClH/c1-13(2)22(15(4)23)12-16-5-7-18(8-6-16)21-19(24)17-9-10-20-14(3)11-17;/h5-8,13-14,17,20H,9-12H2,1-4H3,(H,21,24);1H/t14-,17-;/m0./s1. The zero-order chi connectivity index (χ0) is 17.7. The van der Waals surface area contributed by atoms with Crippen LogP contribution in [0.15, 0.2) is 24.3 Å². The van der Waals surface area contributed by atoms with Gasteiger partial charge in [-0.3, -0.25) is 9.59 Å². The lowest BCUT2D eigenvalue weighted by molar-refractivity contribution is -0.131. The number of carbonyl (C=O) groups is 2. The third-order valence-electron chi connectivity index (χ3n) is 4.60. The number of nitrogens with zero attached hydrogens (tertiary/aromatic N) is 1. The molecule has 1 aliphatic rings. The van der Waals surface area contributed by atoms with Crippen molar-refractivity contribution in [2.45, 2.75) is 59.2 Å². The fourth-order valence-corrected chi connectivity index (χ4v) is 3.16. The molecule has 140 valence electrons. The van der Waals surface area contributed by atoms with Crippen molar-refractivity contribution < 1.29 is 9.59 Å². The molecule has 2 N–H and O–H groups in total. The zero-order valence-corrected chi connectivity index (χ0v) is 16.4. The molecule has 6 heteroatoms. The lowest BCUT2D eigenvalue weighted by Gasteiger charge is -2.27. The van der Waals surface area contributed by atoms with Crippen molar-refractivity contribution >= 4 is 29.9 Å². The third-order valence-corrected chi connectivity index (χ3v) is 4.60. The van der Waals surface area contributed by atoms with Crippen LogP contribution in [0.4, 0.5) is 5.69 Å². The summed E-state index contributed by atoms with van der Waals surface area (Å²) in [5, 5.41) is 6.37. The first-order chi connectivity index (χ1) is 11.4. The quantitative estimate of drug-likeness (QED) is 0.840. The smallest absolute Gasteiger partial charge is 0.227 e. The molecule has 2 amide bonds. The summed E-state index contributed by atoms with van der Waals surface area (Å²) in [7, 11) is 0. The van der Waals surface area contributed by atoms with Gasteiger partial charge in [0, 0.05) is 37.2 Å². The molecule has 25 heavy (non-hydrogen) atoms. The van der Waals surface area contributed by atoms with Crippen LogP contribution in [0, 0.1) is 5.92 Å². The highest BCUT2D eigenvalue weighted by atomic mass is 35.5. The highest BCUT2D eigenvalue weighted by molar-refractivity contribution is 5.92. The maximum absolute atomic E-state index is 12.4. The number of carbonyl (C=O) groups excluding carboxylic acids is 2. The molecule has 0 aliphatic carbocycles. The average molecular weight is 368 g/mol. The van der Waals surface area contributed by atoms with Gasteiger partial charge in [0.15, 0.2) is 0 Å².